The van der Waals surface area contributed by atoms with E-state index in [4.69, 9.17) is 4.74 Å². The molecule has 2 rings (SSSR count). The molecule has 1 atom stereocenters. The topological polar surface area (TPSA) is 75.6 Å². The van der Waals surface area contributed by atoms with Crippen molar-refractivity contribution in [3.8, 4) is 5.75 Å². The van der Waals surface area contributed by atoms with E-state index >= 15 is 0 Å². The minimum Gasteiger partial charge on any atom is -0.491 e. The van der Waals surface area contributed by atoms with Gasteiger partial charge in [-0.25, -0.2) is 17.5 Å². The van der Waals surface area contributed by atoms with Crippen molar-refractivity contribution in [3.05, 3.63) is 59.4 Å². The molecule has 5 nitrogen and oxygen atoms in total. The number of hydrogen-bond donors (Lipinski definition) is 2. The molecule has 0 aromatic heterocycles. The molecular formula is C17H17F4NO4S. The number of aliphatic hydroxyl groups excluding tert-OH is 1. The van der Waals surface area contributed by atoms with Crippen LogP contribution in [0.1, 0.15) is 24.2 Å². The van der Waals surface area contributed by atoms with Gasteiger partial charge in [0, 0.05) is 6.54 Å². The Bertz CT molecular complexity index is 883. The Labute approximate surface area is 153 Å². The van der Waals surface area contributed by atoms with E-state index in [-0.39, 0.29) is 22.8 Å². The van der Waals surface area contributed by atoms with Gasteiger partial charge in [0.1, 0.15) is 0 Å². The lowest BCUT2D eigenvalue weighted by Crippen LogP contribution is -2.28. The van der Waals surface area contributed by atoms with Crippen LogP contribution in [0.4, 0.5) is 17.6 Å². The summed E-state index contributed by atoms with van der Waals surface area (Å²) in [4.78, 5) is -0.372. The van der Waals surface area contributed by atoms with Crippen LogP contribution in [0.15, 0.2) is 47.4 Å². The van der Waals surface area contributed by atoms with Crippen LogP contribution in [0.25, 0.3) is 0 Å². The predicted octanol–water partition coefficient (Wildman–Crippen LogP) is 3.26. The summed E-state index contributed by atoms with van der Waals surface area (Å²) in [7, 11) is -4.13. The van der Waals surface area contributed by atoms with Gasteiger partial charge < -0.3 is 9.84 Å². The van der Waals surface area contributed by atoms with E-state index in [1.54, 1.807) is 6.92 Å². The molecule has 0 saturated carbocycles. The average Bonchev–Trinajstić information content (AvgIpc) is 2.61. The molecule has 27 heavy (non-hydrogen) atoms. The summed E-state index contributed by atoms with van der Waals surface area (Å²) < 4.78 is 82.9. The number of benzene rings is 2. The number of rotatable bonds is 7. The van der Waals surface area contributed by atoms with Gasteiger partial charge in [-0.05, 0) is 42.8 Å². The maximum Gasteiger partial charge on any atom is 0.416 e. The van der Waals surface area contributed by atoms with Gasteiger partial charge in [-0.15, -0.1) is 0 Å². The standard InChI is InChI=1S/C17H17F4NO4S/c1-2-26-16-8-7-13(9-14(16)18)27(24,25)22-10-15(23)11-3-5-12(6-4-11)17(19,20)21/h3-9,15,22-23H,2,10H2,1H3/t15-/m0/s1. The van der Waals surface area contributed by atoms with Gasteiger partial charge in [-0.1, -0.05) is 12.1 Å². The molecule has 0 aliphatic heterocycles. The van der Waals surface area contributed by atoms with E-state index in [1.807, 2.05) is 0 Å². The third-order valence-electron chi connectivity index (χ3n) is 3.60. The van der Waals surface area contributed by atoms with Crippen molar-refractivity contribution in [2.45, 2.75) is 24.1 Å². The summed E-state index contributed by atoms with van der Waals surface area (Å²) in [6.07, 6.45) is -5.89. The Kier molecular flexibility index (Phi) is 6.45. The van der Waals surface area contributed by atoms with Gasteiger partial charge in [0.15, 0.2) is 11.6 Å². The van der Waals surface area contributed by atoms with Crippen LogP contribution in [0.3, 0.4) is 0 Å². The van der Waals surface area contributed by atoms with Gasteiger partial charge in [0.25, 0.3) is 0 Å². The molecule has 0 spiro atoms. The average molecular weight is 407 g/mol. The SMILES string of the molecule is CCOc1ccc(S(=O)(=O)NC[C@H](O)c2ccc(C(F)(F)F)cc2)cc1F. The molecule has 0 radical (unpaired) electrons. The van der Waals surface area contributed by atoms with Crippen LogP contribution in [-0.4, -0.2) is 26.7 Å². The molecule has 148 valence electrons. The quantitative estimate of drug-likeness (QED) is 0.691. The lowest BCUT2D eigenvalue weighted by Gasteiger charge is -2.14. The van der Waals surface area contributed by atoms with Gasteiger partial charge in [-0.3, -0.25) is 0 Å². The van der Waals surface area contributed by atoms with E-state index in [9.17, 15) is 31.1 Å². The van der Waals surface area contributed by atoms with Gasteiger partial charge in [-0.2, -0.15) is 13.2 Å². The minimum atomic E-state index is -4.51. The van der Waals surface area contributed by atoms with Crippen LogP contribution >= 0.6 is 0 Å². The van der Waals surface area contributed by atoms with Crippen molar-refractivity contribution in [1.29, 1.82) is 0 Å². The monoisotopic (exact) mass is 407 g/mol. The number of halogens is 4. The van der Waals surface area contributed by atoms with Crippen LogP contribution in [0.2, 0.25) is 0 Å². The molecule has 0 amide bonds. The van der Waals surface area contributed by atoms with Crippen molar-refractivity contribution in [1.82, 2.24) is 4.72 Å². The molecule has 0 aliphatic carbocycles. The number of hydrogen-bond acceptors (Lipinski definition) is 4. The minimum absolute atomic E-state index is 0.0961. The maximum absolute atomic E-state index is 13.8. The highest BCUT2D eigenvalue weighted by molar-refractivity contribution is 7.89. The normalized spacial score (nSPS) is 13.4. The largest absolute Gasteiger partial charge is 0.491 e. The molecule has 0 saturated heterocycles. The molecule has 0 fully saturated rings. The number of nitrogens with one attached hydrogen (secondary N) is 1. The van der Waals surface area contributed by atoms with E-state index in [1.165, 1.54) is 6.07 Å². The maximum atomic E-state index is 13.8. The second kappa shape index (κ2) is 8.24. The second-order valence-corrected chi connectivity index (χ2v) is 7.28. The fraction of sp³-hybridized carbons (Fsp3) is 0.294. The second-order valence-electron chi connectivity index (χ2n) is 5.51. The van der Waals surface area contributed by atoms with Crippen LogP contribution in [0, 0.1) is 5.82 Å². The summed E-state index contributed by atoms with van der Waals surface area (Å²) in [6, 6.07) is 6.76. The van der Waals surface area contributed by atoms with Crippen LogP contribution < -0.4 is 9.46 Å². The highest BCUT2D eigenvalue weighted by Gasteiger charge is 2.30. The number of ether oxygens (including phenoxy) is 1. The first-order valence-electron chi connectivity index (χ1n) is 7.82. The summed E-state index contributed by atoms with van der Waals surface area (Å²) in [5, 5.41) is 9.99. The molecule has 2 aromatic carbocycles. The Morgan fingerprint density at radius 1 is 1.15 bits per heavy atom. The number of alkyl halides is 3. The zero-order valence-corrected chi connectivity index (χ0v) is 14.9. The molecule has 0 heterocycles. The summed E-state index contributed by atoms with van der Waals surface area (Å²) in [5.74, 6) is -0.954. The number of aliphatic hydroxyl groups is 1. The third-order valence-corrected chi connectivity index (χ3v) is 5.02. The van der Waals surface area contributed by atoms with Crippen molar-refractivity contribution < 1.29 is 35.8 Å². The smallest absolute Gasteiger partial charge is 0.416 e. The molecule has 0 bridgehead atoms. The Morgan fingerprint density at radius 3 is 2.30 bits per heavy atom. The fourth-order valence-corrected chi connectivity index (χ4v) is 3.26. The molecule has 10 heteroatoms. The van der Waals surface area contributed by atoms with Crippen molar-refractivity contribution >= 4 is 10.0 Å². The van der Waals surface area contributed by atoms with Crippen molar-refractivity contribution in [2.24, 2.45) is 0 Å². The number of sulfonamides is 1. The predicted molar refractivity (Wildman–Crippen MR) is 89.2 cm³/mol. The first-order chi connectivity index (χ1) is 12.5. The van der Waals surface area contributed by atoms with Gasteiger partial charge in [0.2, 0.25) is 10.0 Å². The van der Waals surface area contributed by atoms with Crippen molar-refractivity contribution in [3.63, 3.8) is 0 Å². The molecule has 2 aromatic rings. The first kappa shape index (κ1) is 21.1. The fourth-order valence-electron chi connectivity index (χ4n) is 2.21. The highest BCUT2D eigenvalue weighted by Crippen LogP contribution is 2.30. The molecular weight excluding hydrogens is 390 g/mol. The van der Waals surface area contributed by atoms with E-state index in [2.05, 4.69) is 4.72 Å². The van der Waals surface area contributed by atoms with Crippen LogP contribution in [0.5, 0.6) is 5.75 Å². The first-order valence-corrected chi connectivity index (χ1v) is 9.30. The van der Waals surface area contributed by atoms with Crippen LogP contribution in [-0.2, 0) is 16.2 Å². The Hall–Kier alpha value is -2.17. The van der Waals surface area contributed by atoms with Gasteiger partial charge in [0.05, 0.1) is 23.2 Å². The lowest BCUT2D eigenvalue weighted by atomic mass is 10.1. The molecule has 2 N–H and O–H groups in total. The summed E-state index contributed by atoms with van der Waals surface area (Å²) in [5.41, 5.74) is -0.785. The Morgan fingerprint density at radius 2 is 1.78 bits per heavy atom. The van der Waals surface area contributed by atoms with E-state index < -0.39 is 40.2 Å². The van der Waals surface area contributed by atoms with E-state index in [0.717, 1.165) is 36.4 Å². The summed E-state index contributed by atoms with van der Waals surface area (Å²) in [6.45, 7) is 1.36. The highest BCUT2D eigenvalue weighted by atomic mass is 32.2. The lowest BCUT2D eigenvalue weighted by molar-refractivity contribution is -0.137. The Balaban J connectivity index is 2.07. The zero-order chi connectivity index (χ0) is 20.2. The van der Waals surface area contributed by atoms with Gasteiger partial charge >= 0.3 is 6.18 Å². The third kappa shape index (κ3) is 5.41. The molecule has 0 unspecified atom stereocenters. The van der Waals surface area contributed by atoms with Crippen molar-refractivity contribution in [2.75, 3.05) is 13.2 Å². The summed E-state index contributed by atoms with van der Waals surface area (Å²) >= 11 is 0. The van der Waals surface area contributed by atoms with E-state index in [0.29, 0.717) is 0 Å². The molecule has 0 aliphatic rings. The zero-order valence-electron chi connectivity index (χ0n) is 14.1.